The lowest BCUT2D eigenvalue weighted by molar-refractivity contribution is 0.622. The van der Waals surface area contributed by atoms with Crippen molar-refractivity contribution in [2.45, 2.75) is 37.8 Å². The molecule has 2 heteroatoms. The summed E-state index contributed by atoms with van der Waals surface area (Å²) in [6.07, 6.45) is 5.97. The minimum absolute atomic E-state index is 0.0870. The first kappa shape index (κ1) is 11.6. The summed E-state index contributed by atoms with van der Waals surface area (Å²) in [4.78, 5) is 0.901. The molecule has 0 aliphatic rings. The summed E-state index contributed by atoms with van der Waals surface area (Å²) in [6, 6.07) is 6.00. The zero-order chi connectivity index (χ0) is 10.9. The molecule has 0 aliphatic heterocycles. The highest BCUT2D eigenvalue weighted by atomic mass is 32.3. The Labute approximate surface area is 88.7 Å². The lowest BCUT2D eigenvalue weighted by Crippen LogP contribution is -2.09. The first-order valence-electron chi connectivity index (χ1n) is 4.75. The third-order valence-corrected chi connectivity index (χ3v) is 5.00. The van der Waals surface area contributed by atoms with Crippen LogP contribution in [-0.4, -0.2) is 9.80 Å². The normalized spacial score (nSPS) is 17.9. The fourth-order valence-corrected chi connectivity index (χ4v) is 2.79. The molecule has 0 aliphatic carbocycles. The van der Waals surface area contributed by atoms with E-state index in [-0.39, 0.29) is 5.25 Å². The molecule has 1 rings (SSSR count). The van der Waals surface area contributed by atoms with Crippen molar-refractivity contribution in [3.63, 3.8) is 0 Å². The fraction of sp³-hybridized carbons (Fsp3) is 0.417. The molecule has 1 N–H and O–H groups in total. The van der Waals surface area contributed by atoms with Crippen LogP contribution in [0.2, 0.25) is 0 Å². The molecule has 0 saturated carbocycles. The van der Waals surface area contributed by atoms with Crippen LogP contribution in [0.5, 0.6) is 0 Å². The van der Waals surface area contributed by atoms with Crippen molar-refractivity contribution in [1.82, 2.24) is 0 Å². The fourth-order valence-electron chi connectivity index (χ4n) is 1.42. The molecule has 1 nitrogen and oxygen atoms in total. The van der Waals surface area contributed by atoms with Gasteiger partial charge < -0.3 is 4.55 Å². The zero-order valence-corrected chi connectivity index (χ0v) is 10.1. The second kappa shape index (κ2) is 3.95. The van der Waals surface area contributed by atoms with Gasteiger partial charge in [0.2, 0.25) is 0 Å². The molecule has 1 aromatic carbocycles. The van der Waals surface area contributed by atoms with Gasteiger partial charge in [0.05, 0.1) is 0 Å². The van der Waals surface area contributed by atoms with Crippen LogP contribution in [0.4, 0.5) is 0 Å². The molecule has 0 spiro atoms. The van der Waals surface area contributed by atoms with Crippen LogP contribution in [0, 0.1) is 20.1 Å². The zero-order valence-electron chi connectivity index (χ0n) is 9.24. The smallest absolute Gasteiger partial charge is 0.0424 e. The maximum Gasteiger partial charge on any atom is 0.0424 e. The average molecular weight is 210 g/mol. The van der Waals surface area contributed by atoms with Crippen LogP contribution in [0.3, 0.4) is 0 Å². The van der Waals surface area contributed by atoms with E-state index >= 15 is 0 Å². The largest absolute Gasteiger partial charge is 0.347 e. The molecule has 0 fully saturated rings. The van der Waals surface area contributed by atoms with Gasteiger partial charge in [-0.05, 0) is 25.5 Å². The molecule has 14 heavy (non-hydrogen) atoms. The van der Waals surface area contributed by atoms with Crippen molar-refractivity contribution >= 4 is 10.3 Å². The van der Waals surface area contributed by atoms with Gasteiger partial charge in [-0.2, -0.15) is 0 Å². The lowest BCUT2D eigenvalue weighted by atomic mass is 10.2. The summed E-state index contributed by atoms with van der Waals surface area (Å²) < 4.78 is 10.2. The molecule has 0 aromatic heterocycles. The number of rotatable bonds is 2. The minimum Gasteiger partial charge on any atom is -0.347 e. The van der Waals surface area contributed by atoms with Gasteiger partial charge in [-0.1, -0.05) is 31.5 Å². The maximum absolute atomic E-state index is 10.2. The summed E-state index contributed by atoms with van der Waals surface area (Å²) >= 11 is 0. The van der Waals surface area contributed by atoms with Crippen molar-refractivity contribution in [3.05, 3.63) is 35.6 Å². The molecule has 0 amide bonds. The molecular weight excluding hydrogens is 192 g/mol. The Hall–Kier alpha value is -0.470. The standard InChI is InChI=1S/C12H18OS/c1-9(2)14(5,13)12-7-6-10(3)8-11(12)4/h5-9,13H,1-4H3. The van der Waals surface area contributed by atoms with Crippen molar-refractivity contribution in [2.75, 3.05) is 0 Å². The molecule has 78 valence electrons. The second-order valence-electron chi connectivity index (χ2n) is 3.99. The van der Waals surface area contributed by atoms with Crippen molar-refractivity contribution < 1.29 is 4.55 Å². The first-order valence-corrected chi connectivity index (χ1v) is 6.47. The van der Waals surface area contributed by atoms with Gasteiger partial charge in [0, 0.05) is 16.4 Å². The highest BCUT2D eigenvalue weighted by Gasteiger charge is 2.23. The Morgan fingerprint density at radius 2 is 1.86 bits per heavy atom. The van der Waals surface area contributed by atoms with Crippen molar-refractivity contribution in [3.8, 4) is 0 Å². The van der Waals surface area contributed by atoms with Crippen LogP contribution in [0.15, 0.2) is 23.1 Å². The minimum atomic E-state index is -2.12. The highest BCUT2D eigenvalue weighted by molar-refractivity contribution is 8.30. The molecule has 1 aromatic rings. The van der Waals surface area contributed by atoms with Crippen molar-refractivity contribution in [2.24, 2.45) is 0 Å². The van der Waals surface area contributed by atoms with E-state index in [1.165, 1.54) is 5.56 Å². The maximum atomic E-state index is 10.2. The summed E-state index contributed by atoms with van der Waals surface area (Å²) in [5, 5.41) is 0.0870. The lowest BCUT2D eigenvalue weighted by Gasteiger charge is -2.34. The summed E-state index contributed by atoms with van der Waals surface area (Å²) in [5.41, 5.74) is 2.28. The van der Waals surface area contributed by atoms with E-state index < -0.39 is 10.3 Å². The van der Waals surface area contributed by atoms with Gasteiger partial charge in [-0.3, -0.25) is 0 Å². The van der Waals surface area contributed by atoms with Gasteiger partial charge in [0.25, 0.3) is 0 Å². The first-order chi connectivity index (χ1) is 6.35. The Morgan fingerprint density at radius 1 is 1.29 bits per heavy atom. The second-order valence-corrected chi connectivity index (χ2v) is 6.72. The Bertz CT molecular complexity index is 329. The number of hydrogen-bond donors (Lipinski definition) is 1. The predicted octanol–water partition coefficient (Wildman–Crippen LogP) is 4.02. The third-order valence-electron chi connectivity index (χ3n) is 2.40. The van der Waals surface area contributed by atoms with Gasteiger partial charge in [-0.25, -0.2) is 0 Å². The predicted molar refractivity (Wildman–Crippen MR) is 63.8 cm³/mol. The van der Waals surface area contributed by atoms with Gasteiger partial charge in [0.1, 0.15) is 0 Å². The van der Waals surface area contributed by atoms with E-state index in [2.05, 4.69) is 6.07 Å². The highest BCUT2D eigenvalue weighted by Crippen LogP contribution is 2.55. The van der Waals surface area contributed by atoms with E-state index in [0.717, 1.165) is 10.5 Å². The van der Waals surface area contributed by atoms with E-state index in [1.54, 1.807) is 0 Å². The number of aryl methyl sites for hydroxylation is 2. The summed E-state index contributed by atoms with van der Waals surface area (Å²) in [5.74, 6) is 0. The van der Waals surface area contributed by atoms with Crippen LogP contribution in [0.1, 0.15) is 25.0 Å². The Balaban J connectivity index is 3.19. The van der Waals surface area contributed by atoms with Gasteiger partial charge >= 0.3 is 0 Å². The van der Waals surface area contributed by atoms with Gasteiger partial charge in [0.15, 0.2) is 0 Å². The summed E-state index contributed by atoms with van der Waals surface area (Å²) in [7, 11) is -2.12. The molecule has 0 heterocycles. The van der Waals surface area contributed by atoms with Crippen LogP contribution < -0.4 is 0 Å². The Kier molecular flexibility index (Phi) is 3.28. The van der Waals surface area contributed by atoms with Crippen LogP contribution in [0.25, 0.3) is 0 Å². The molecular formula is C12H18OS. The Morgan fingerprint density at radius 3 is 2.29 bits per heavy atom. The molecule has 2 radical (unpaired) electrons. The number of benzene rings is 1. The van der Waals surface area contributed by atoms with Crippen LogP contribution >= 0.6 is 10.3 Å². The molecule has 1 unspecified atom stereocenters. The van der Waals surface area contributed by atoms with E-state index in [1.807, 2.05) is 39.8 Å². The molecule has 0 bridgehead atoms. The third kappa shape index (κ3) is 2.12. The van der Waals surface area contributed by atoms with Crippen LogP contribution in [-0.2, 0) is 0 Å². The van der Waals surface area contributed by atoms with Crippen molar-refractivity contribution in [1.29, 1.82) is 0 Å². The summed E-state index contributed by atoms with van der Waals surface area (Å²) in [6.45, 7) is 7.94. The monoisotopic (exact) mass is 210 g/mol. The van der Waals surface area contributed by atoms with E-state index in [4.69, 9.17) is 6.26 Å². The topological polar surface area (TPSA) is 20.2 Å². The SMILES string of the molecule is [CH]S(O)(c1ccc(C)cc1C)C(C)C. The average Bonchev–Trinajstić information content (AvgIpc) is 2.02. The quantitative estimate of drug-likeness (QED) is 0.781. The van der Waals surface area contributed by atoms with E-state index in [0.29, 0.717) is 0 Å². The van der Waals surface area contributed by atoms with Gasteiger partial charge in [-0.15, -0.1) is 10.3 Å². The molecule has 0 saturated heterocycles. The number of hydrogen-bond acceptors (Lipinski definition) is 1. The van der Waals surface area contributed by atoms with E-state index in [9.17, 15) is 4.55 Å². The molecule has 1 atom stereocenters.